The minimum Gasteiger partial charge on any atom is -0.497 e. The highest BCUT2D eigenvalue weighted by Gasteiger charge is 2.10. The van der Waals surface area contributed by atoms with Gasteiger partial charge in [0.05, 0.1) is 7.11 Å². The van der Waals surface area contributed by atoms with Gasteiger partial charge in [-0.2, -0.15) is 0 Å². The summed E-state index contributed by atoms with van der Waals surface area (Å²) in [6.07, 6.45) is 0. The minimum absolute atomic E-state index is 0.419. The first kappa shape index (κ1) is 11.7. The lowest BCUT2D eigenvalue weighted by Gasteiger charge is -2.16. The third-order valence-corrected chi connectivity index (χ3v) is 3.24. The maximum absolute atomic E-state index is 5.24. The SMILES string of the molecule is COc1ccc(C(C)c2ccccc2)c(C)c1. The Bertz CT molecular complexity index is 488. The van der Waals surface area contributed by atoms with Crippen molar-refractivity contribution in [1.29, 1.82) is 0 Å². The molecule has 0 saturated carbocycles. The van der Waals surface area contributed by atoms with Crippen LogP contribution in [0.25, 0.3) is 0 Å². The average Bonchev–Trinajstić information content (AvgIpc) is 2.39. The lowest BCUT2D eigenvalue weighted by molar-refractivity contribution is 0.414. The van der Waals surface area contributed by atoms with Gasteiger partial charge >= 0.3 is 0 Å². The van der Waals surface area contributed by atoms with E-state index in [0.717, 1.165) is 5.75 Å². The monoisotopic (exact) mass is 226 g/mol. The molecule has 0 radical (unpaired) electrons. The van der Waals surface area contributed by atoms with Gasteiger partial charge < -0.3 is 4.74 Å². The van der Waals surface area contributed by atoms with Crippen LogP contribution < -0.4 is 4.74 Å². The molecule has 0 saturated heterocycles. The molecule has 0 spiro atoms. The maximum Gasteiger partial charge on any atom is 0.119 e. The number of hydrogen-bond donors (Lipinski definition) is 0. The molecule has 2 rings (SSSR count). The van der Waals surface area contributed by atoms with Crippen molar-refractivity contribution in [2.24, 2.45) is 0 Å². The van der Waals surface area contributed by atoms with E-state index in [1.165, 1.54) is 16.7 Å². The Hall–Kier alpha value is -1.76. The second-order valence-electron chi connectivity index (χ2n) is 4.35. The van der Waals surface area contributed by atoms with Gasteiger partial charge in [0.2, 0.25) is 0 Å². The summed E-state index contributed by atoms with van der Waals surface area (Å²) >= 11 is 0. The molecule has 0 aliphatic rings. The number of hydrogen-bond acceptors (Lipinski definition) is 1. The van der Waals surface area contributed by atoms with Crippen LogP contribution in [0.15, 0.2) is 48.5 Å². The number of rotatable bonds is 3. The Morgan fingerprint density at radius 1 is 1.00 bits per heavy atom. The van der Waals surface area contributed by atoms with Gasteiger partial charge in [-0.25, -0.2) is 0 Å². The zero-order chi connectivity index (χ0) is 12.3. The second kappa shape index (κ2) is 5.05. The Labute approximate surface area is 103 Å². The van der Waals surface area contributed by atoms with E-state index in [1.54, 1.807) is 7.11 Å². The van der Waals surface area contributed by atoms with Gasteiger partial charge in [-0.15, -0.1) is 0 Å². The topological polar surface area (TPSA) is 9.23 Å². The fourth-order valence-electron chi connectivity index (χ4n) is 2.18. The highest BCUT2D eigenvalue weighted by molar-refractivity contribution is 5.41. The van der Waals surface area contributed by atoms with E-state index in [0.29, 0.717) is 5.92 Å². The van der Waals surface area contributed by atoms with Crippen LogP contribution in [-0.2, 0) is 0 Å². The van der Waals surface area contributed by atoms with E-state index in [1.807, 2.05) is 6.07 Å². The highest BCUT2D eigenvalue weighted by atomic mass is 16.5. The summed E-state index contributed by atoms with van der Waals surface area (Å²) in [5.41, 5.74) is 3.98. The first-order valence-electron chi connectivity index (χ1n) is 5.92. The zero-order valence-corrected chi connectivity index (χ0v) is 10.6. The molecule has 1 heteroatoms. The first-order chi connectivity index (χ1) is 8.22. The molecule has 1 nitrogen and oxygen atoms in total. The largest absolute Gasteiger partial charge is 0.497 e. The Balaban J connectivity index is 2.34. The fourth-order valence-corrected chi connectivity index (χ4v) is 2.18. The van der Waals surface area contributed by atoms with Gasteiger partial charge in [0, 0.05) is 5.92 Å². The molecule has 0 bridgehead atoms. The van der Waals surface area contributed by atoms with E-state index in [2.05, 4.69) is 56.3 Å². The molecule has 0 amide bonds. The van der Waals surface area contributed by atoms with Gasteiger partial charge in [0.15, 0.2) is 0 Å². The summed E-state index contributed by atoms with van der Waals surface area (Å²) in [7, 11) is 1.70. The van der Waals surface area contributed by atoms with Crippen molar-refractivity contribution in [1.82, 2.24) is 0 Å². The molecule has 0 fully saturated rings. The van der Waals surface area contributed by atoms with Crippen molar-refractivity contribution in [3.8, 4) is 5.75 Å². The van der Waals surface area contributed by atoms with Crippen molar-refractivity contribution < 1.29 is 4.74 Å². The quantitative estimate of drug-likeness (QED) is 0.763. The smallest absolute Gasteiger partial charge is 0.119 e. The van der Waals surface area contributed by atoms with Crippen molar-refractivity contribution in [3.05, 3.63) is 65.2 Å². The molecule has 0 aromatic heterocycles. The van der Waals surface area contributed by atoms with Gasteiger partial charge in [-0.1, -0.05) is 43.3 Å². The summed E-state index contributed by atoms with van der Waals surface area (Å²) < 4.78 is 5.24. The number of benzene rings is 2. The van der Waals surface area contributed by atoms with Crippen LogP contribution in [0, 0.1) is 6.92 Å². The number of aryl methyl sites for hydroxylation is 1. The molecule has 88 valence electrons. The van der Waals surface area contributed by atoms with Gasteiger partial charge in [-0.05, 0) is 35.7 Å². The molecule has 0 N–H and O–H groups in total. The summed E-state index contributed by atoms with van der Waals surface area (Å²) in [6.45, 7) is 4.38. The second-order valence-corrected chi connectivity index (χ2v) is 4.35. The number of ether oxygens (including phenoxy) is 1. The van der Waals surface area contributed by atoms with Crippen LogP contribution in [0.3, 0.4) is 0 Å². The average molecular weight is 226 g/mol. The van der Waals surface area contributed by atoms with Crippen molar-refractivity contribution in [3.63, 3.8) is 0 Å². The lowest BCUT2D eigenvalue weighted by atomic mass is 9.90. The van der Waals surface area contributed by atoms with Crippen LogP contribution in [0.4, 0.5) is 0 Å². The van der Waals surface area contributed by atoms with Crippen molar-refractivity contribution in [2.75, 3.05) is 7.11 Å². The van der Waals surface area contributed by atoms with Crippen LogP contribution in [0.5, 0.6) is 5.75 Å². The molecule has 1 unspecified atom stereocenters. The Kier molecular flexibility index (Phi) is 3.48. The van der Waals surface area contributed by atoms with Crippen LogP contribution in [0.2, 0.25) is 0 Å². The lowest BCUT2D eigenvalue weighted by Crippen LogP contribution is -1.99. The normalized spacial score (nSPS) is 12.2. The minimum atomic E-state index is 0.419. The third kappa shape index (κ3) is 2.50. The molecule has 1 atom stereocenters. The third-order valence-electron chi connectivity index (χ3n) is 3.24. The Morgan fingerprint density at radius 2 is 1.71 bits per heavy atom. The molecule has 0 aliphatic carbocycles. The van der Waals surface area contributed by atoms with E-state index >= 15 is 0 Å². The number of methoxy groups -OCH3 is 1. The molecule has 17 heavy (non-hydrogen) atoms. The molecule has 2 aromatic carbocycles. The van der Waals surface area contributed by atoms with E-state index < -0.39 is 0 Å². The predicted octanol–water partition coefficient (Wildman–Crippen LogP) is 4.16. The predicted molar refractivity (Wildman–Crippen MR) is 71.7 cm³/mol. The van der Waals surface area contributed by atoms with Crippen LogP contribution >= 0.6 is 0 Å². The summed E-state index contributed by atoms with van der Waals surface area (Å²) in [6, 6.07) is 16.9. The van der Waals surface area contributed by atoms with E-state index in [4.69, 9.17) is 4.74 Å². The summed E-state index contributed by atoms with van der Waals surface area (Å²) in [5, 5.41) is 0. The molecular formula is C16H18O. The summed E-state index contributed by atoms with van der Waals surface area (Å²) in [5.74, 6) is 1.34. The molecule has 0 aliphatic heterocycles. The molecule has 0 heterocycles. The maximum atomic E-state index is 5.24. The van der Waals surface area contributed by atoms with E-state index in [-0.39, 0.29) is 0 Å². The first-order valence-corrected chi connectivity index (χ1v) is 5.92. The summed E-state index contributed by atoms with van der Waals surface area (Å²) in [4.78, 5) is 0. The standard InChI is InChI=1S/C16H18O/c1-12-11-15(17-3)9-10-16(12)13(2)14-7-5-4-6-8-14/h4-11,13H,1-3H3. The van der Waals surface area contributed by atoms with Crippen molar-refractivity contribution >= 4 is 0 Å². The molecule has 2 aromatic rings. The van der Waals surface area contributed by atoms with E-state index in [9.17, 15) is 0 Å². The highest BCUT2D eigenvalue weighted by Crippen LogP contribution is 2.28. The fraction of sp³-hybridized carbons (Fsp3) is 0.250. The molecular weight excluding hydrogens is 208 g/mol. The van der Waals surface area contributed by atoms with Crippen molar-refractivity contribution in [2.45, 2.75) is 19.8 Å². The van der Waals surface area contributed by atoms with Crippen LogP contribution in [-0.4, -0.2) is 7.11 Å². The van der Waals surface area contributed by atoms with Gasteiger partial charge in [0.1, 0.15) is 5.75 Å². The van der Waals surface area contributed by atoms with Gasteiger partial charge in [0.25, 0.3) is 0 Å². The van der Waals surface area contributed by atoms with Gasteiger partial charge in [-0.3, -0.25) is 0 Å². The van der Waals surface area contributed by atoms with Crippen LogP contribution in [0.1, 0.15) is 29.5 Å². The Morgan fingerprint density at radius 3 is 2.29 bits per heavy atom. The zero-order valence-electron chi connectivity index (χ0n) is 10.6.